The first-order chi connectivity index (χ1) is 7.06. The second-order valence-electron chi connectivity index (χ2n) is 2.72. The number of nitrogen functional groups attached to an aromatic ring is 1. The molecular weight excluding hydrogens is 206 g/mol. The summed E-state index contributed by atoms with van der Waals surface area (Å²) in [5.74, 6) is -0.664. The van der Waals surface area contributed by atoms with Crippen LogP contribution in [0.1, 0.15) is 29.4 Å². The lowest BCUT2D eigenvalue weighted by molar-refractivity contribution is 0.0526. The number of aromatic nitrogens is 1. The molecule has 0 spiro atoms. The molecule has 1 aromatic heterocycles. The van der Waals surface area contributed by atoms with Gasteiger partial charge in [0.1, 0.15) is 11.3 Å². The fourth-order valence-electron chi connectivity index (χ4n) is 0.987. The van der Waals surface area contributed by atoms with Gasteiger partial charge in [0.15, 0.2) is 0 Å². The maximum Gasteiger partial charge on any atom is 0.341 e. The summed E-state index contributed by atoms with van der Waals surface area (Å²) in [6.07, 6.45) is -1.71. The van der Waals surface area contributed by atoms with Gasteiger partial charge in [0, 0.05) is 11.9 Å². The van der Waals surface area contributed by atoms with E-state index >= 15 is 0 Å². The zero-order valence-corrected chi connectivity index (χ0v) is 8.04. The summed E-state index contributed by atoms with van der Waals surface area (Å²) >= 11 is 0. The molecule has 1 heterocycles. The van der Waals surface area contributed by atoms with Crippen molar-refractivity contribution in [2.45, 2.75) is 13.3 Å². The van der Waals surface area contributed by atoms with Crippen molar-refractivity contribution in [2.75, 3.05) is 12.3 Å². The van der Waals surface area contributed by atoms with Crippen molar-refractivity contribution in [3.05, 3.63) is 23.5 Å². The molecule has 15 heavy (non-hydrogen) atoms. The normalized spacial score (nSPS) is 10.4. The van der Waals surface area contributed by atoms with Crippen LogP contribution in [0.25, 0.3) is 0 Å². The van der Waals surface area contributed by atoms with Gasteiger partial charge in [-0.1, -0.05) is 0 Å². The van der Waals surface area contributed by atoms with Crippen molar-refractivity contribution in [1.29, 1.82) is 0 Å². The molecule has 0 aliphatic heterocycles. The third-order valence-electron chi connectivity index (χ3n) is 1.68. The molecule has 0 saturated carbocycles. The number of hydrogen-bond acceptors (Lipinski definition) is 4. The van der Waals surface area contributed by atoms with E-state index in [1.807, 2.05) is 0 Å². The molecule has 82 valence electrons. The highest BCUT2D eigenvalue weighted by molar-refractivity contribution is 5.94. The molecule has 0 unspecified atom stereocenters. The highest BCUT2D eigenvalue weighted by Gasteiger charge is 2.15. The van der Waals surface area contributed by atoms with Gasteiger partial charge in [0.2, 0.25) is 0 Å². The van der Waals surface area contributed by atoms with Crippen molar-refractivity contribution in [3.8, 4) is 0 Å². The first kappa shape index (κ1) is 11.4. The number of ether oxygens (including phenoxy) is 1. The molecular formula is C9H10F2N2O2. The number of esters is 1. The zero-order chi connectivity index (χ0) is 11.4. The molecule has 1 aromatic rings. The summed E-state index contributed by atoms with van der Waals surface area (Å²) in [6, 6.07) is 0.969. The Morgan fingerprint density at radius 3 is 2.80 bits per heavy atom. The van der Waals surface area contributed by atoms with Crippen molar-refractivity contribution in [1.82, 2.24) is 4.98 Å². The Hall–Kier alpha value is -1.72. The molecule has 0 saturated heterocycles. The maximum atomic E-state index is 12.2. The number of carbonyl (C=O) groups excluding carboxylic acids is 1. The van der Waals surface area contributed by atoms with Crippen LogP contribution in [0.4, 0.5) is 14.5 Å². The molecule has 0 aliphatic carbocycles. The van der Waals surface area contributed by atoms with Gasteiger partial charge in [-0.2, -0.15) is 0 Å². The topological polar surface area (TPSA) is 65.2 Å². The minimum absolute atomic E-state index is 0.00116. The fourth-order valence-corrected chi connectivity index (χ4v) is 0.987. The van der Waals surface area contributed by atoms with E-state index in [0.29, 0.717) is 0 Å². The summed E-state index contributed by atoms with van der Waals surface area (Å²) in [6.45, 7) is 1.82. The number of alkyl halides is 2. The monoisotopic (exact) mass is 216 g/mol. The molecule has 0 fully saturated rings. The van der Waals surface area contributed by atoms with Crippen LogP contribution in [0.2, 0.25) is 0 Å². The molecule has 0 radical (unpaired) electrons. The van der Waals surface area contributed by atoms with E-state index in [1.54, 1.807) is 6.92 Å². The van der Waals surface area contributed by atoms with Gasteiger partial charge < -0.3 is 10.5 Å². The lowest BCUT2D eigenvalue weighted by Gasteiger charge is -2.06. The number of hydrogen-bond donors (Lipinski definition) is 1. The Kier molecular flexibility index (Phi) is 3.54. The van der Waals surface area contributed by atoms with Gasteiger partial charge in [-0.3, -0.25) is 4.98 Å². The summed E-state index contributed by atoms with van der Waals surface area (Å²) < 4.78 is 29.1. The molecule has 2 N–H and O–H groups in total. The number of pyridine rings is 1. The van der Waals surface area contributed by atoms with Gasteiger partial charge in [-0.25, -0.2) is 13.6 Å². The summed E-state index contributed by atoms with van der Waals surface area (Å²) in [5.41, 5.74) is 4.90. The van der Waals surface area contributed by atoms with E-state index in [9.17, 15) is 13.6 Å². The lowest BCUT2D eigenvalue weighted by atomic mass is 10.2. The highest BCUT2D eigenvalue weighted by atomic mass is 19.3. The summed E-state index contributed by atoms with van der Waals surface area (Å²) in [7, 11) is 0. The van der Waals surface area contributed by atoms with Crippen LogP contribution in [-0.4, -0.2) is 17.6 Å². The predicted octanol–water partition coefficient (Wildman–Crippen LogP) is 1.78. The second-order valence-corrected chi connectivity index (χ2v) is 2.72. The molecule has 0 aromatic carbocycles. The minimum Gasteiger partial charge on any atom is -0.462 e. The van der Waals surface area contributed by atoms with Gasteiger partial charge in [0.25, 0.3) is 6.43 Å². The standard InChI is InChI=1S/C9H10F2N2O2/c1-2-15-9(14)5-4-13-7(8(10)11)3-6(5)12/h3-4,8H,2H2,1H3,(H2,12,13). The van der Waals surface area contributed by atoms with Crippen molar-refractivity contribution >= 4 is 11.7 Å². The van der Waals surface area contributed by atoms with Crippen molar-refractivity contribution in [2.24, 2.45) is 0 Å². The predicted molar refractivity (Wildman–Crippen MR) is 49.6 cm³/mol. The van der Waals surface area contributed by atoms with E-state index < -0.39 is 18.1 Å². The first-order valence-corrected chi connectivity index (χ1v) is 4.27. The van der Waals surface area contributed by atoms with E-state index in [-0.39, 0.29) is 17.9 Å². The fraction of sp³-hybridized carbons (Fsp3) is 0.333. The van der Waals surface area contributed by atoms with Crippen molar-refractivity contribution in [3.63, 3.8) is 0 Å². The van der Waals surface area contributed by atoms with Gasteiger partial charge in [-0.15, -0.1) is 0 Å². The molecule has 0 aliphatic rings. The Morgan fingerprint density at radius 2 is 2.33 bits per heavy atom. The maximum absolute atomic E-state index is 12.2. The van der Waals surface area contributed by atoms with Crippen molar-refractivity contribution < 1.29 is 18.3 Å². The van der Waals surface area contributed by atoms with Crippen LogP contribution >= 0.6 is 0 Å². The molecule has 0 amide bonds. The smallest absolute Gasteiger partial charge is 0.341 e. The van der Waals surface area contributed by atoms with Crippen LogP contribution in [-0.2, 0) is 4.74 Å². The third kappa shape index (κ3) is 2.61. The van der Waals surface area contributed by atoms with E-state index in [4.69, 9.17) is 5.73 Å². The van der Waals surface area contributed by atoms with E-state index in [0.717, 1.165) is 12.3 Å². The number of halogens is 2. The molecule has 4 nitrogen and oxygen atoms in total. The molecule has 1 rings (SSSR count). The average Bonchev–Trinajstić information content (AvgIpc) is 2.17. The van der Waals surface area contributed by atoms with E-state index in [1.165, 1.54) is 0 Å². The summed E-state index contributed by atoms with van der Waals surface area (Å²) in [5, 5.41) is 0. The molecule has 6 heteroatoms. The van der Waals surface area contributed by atoms with Crippen LogP contribution in [0.15, 0.2) is 12.3 Å². The van der Waals surface area contributed by atoms with Gasteiger partial charge in [0.05, 0.1) is 6.61 Å². The number of nitrogens with two attached hydrogens (primary N) is 1. The van der Waals surface area contributed by atoms with Gasteiger partial charge in [-0.05, 0) is 13.0 Å². The minimum atomic E-state index is -2.71. The number of carbonyl (C=O) groups is 1. The number of rotatable bonds is 3. The van der Waals surface area contributed by atoms with Crippen LogP contribution < -0.4 is 5.73 Å². The Balaban J connectivity index is 2.98. The number of nitrogens with zero attached hydrogens (tertiary/aromatic N) is 1. The molecule has 0 bridgehead atoms. The van der Waals surface area contributed by atoms with Crippen LogP contribution in [0.3, 0.4) is 0 Å². The SMILES string of the molecule is CCOC(=O)c1cnc(C(F)F)cc1N. The van der Waals surface area contributed by atoms with Gasteiger partial charge >= 0.3 is 5.97 Å². The lowest BCUT2D eigenvalue weighted by Crippen LogP contribution is -2.09. The largest absolute Gasteiger partial charge is 0.462 e. The van der Waals surface area contributed by atoms with Crippen LogP contribution in [0.5, 0.6) is 0 Å². The first-order valence-electron chi connectivity index (χ1n) is 4.27. The number of anilines is 1. The highest BCUT2D eigenvalue weighted by Crippen LogP contribution is 2.20. The van der Waals surface area contributed by atoms with E-state index in [2.05, 4.69) is 9.72 Å². The molecule has 0 atom stereocenters. The van der Waals surface area contributed by atoms with Crippen LogP contribution in [0, 0.1) is 0 Å². The second kappa shape index (κ2) is 4.68. The average molecular weight is 216 g/mol. The Bertz CT molecular complexity index is 369. The Morgan fingerprint density at radius 1 is 1.67 bits per heavy atom. The quantitative estimate of drug-likeness (QED) is 0.782. The third-order valence-corrected chi connectivity index (χ3v) is 1.68. The summed E-state index contributed by atoms with van der Waals surface area (Å²) in [4.78, 5) is 14.6. The Labute approximate surface area is 85.1 Å². The zero-order valence-electron chi connectivity index (χ0n) is 8.04.